The summed E-state index contributed by atoms with van der Waals surface area (Å²) in [5.41, 5.74) is 7.87. The van der Waals surface area contributed by atoms with Crippen LogP contribution in [0.25, 0.3) is 5.69 Å². The van der Waals surface area contributed by atoms with Gasteiger partial charge >= 0.3 is 5.97 Å². The summed E-state index contributed by atoms with van der Waals surface area (Å²) >= 11 is 1.42. The quantitative estimate of drug-likeness (QED) is 0.828. The molecule has 0 fully saturated rings. The number of aryl methyl sites for hydroxylation is 1. The predicted octanol–water partition coefficient (Wildman–Crippen LogP) is 2.96. The number of rotatable bonds is 5. The second-order valence-corrected chi connectivity index (χ2v) is 5.50. The minimum Gasteiger partial charge on any atom is -0.477 e. The zero-order chi connectivity index (χ0) is 14.7. The molecule has 6 heteroatoms. The maximum atomic E-state index is 11.4. The second kappa shape index (κ2) is 6.00. The maximum absolute atomic E-state index is 11.4. The van der Waals surface area contributed by atoms with Gasteiger partial charge in [0.15, 0.2) is 0 Å². The van der Waals surface area contributed by atoms with Crippen molar-refractivity contribution >= 4 is 23.5 Å². The van der Waals surface area contributed by atoms with Crippen molar-refractivity contribution in [2.24, 2.45) is 0 Å². The SMILES string of the molecule is CCCSc1nn(-c2ccccc2C)c(N)c1C(=O)O. The standard InChI is InChI=1S/C14H17N3O2S/c1-3-8-20-13-11(14(18)19)12(15)17(16-13)10-7-5-4-6-9(10)2/h4-7H,3,8,15H2,1-2H3,(H,18,19). The lowest BCUT2D eigenvalue weighted by Crippen LogP contribution is -2.06. The molecule has 2 aromatic rings. The van der Waals surface area contributed by atoms with Gasteiger partial charge < -0.3 is 10.8 Å². The molecule has 1 aromatic heterocycles. The van der Waals surface area contributed by atoms with Crippen LogP contribution in [0.1, 0.15) is 29.3 Å². The normalized spacial score (nSPS) is 10.7. The number of thioether (sulfide) groups is 1. The summed E-state index contributed by atoms with van der Waals surface area (Å²) in [7, 11) is 0. The highest BCUT2D eigenvalue weighted by Crippen LogP contribution is 2.29. The lowest BCUT2D eigenvalue weighted by atomic mass is 10.2. The molecule has 0 spiro atoms. The first-order valence-electron chi connectivity index (χ1n) is 6.36. The molecular formula is C14H17N3O2S. The number of nitrogens with two attached hydrogens (primary N) is 1. The molecule has 0 unspecified atom stereocenters. The average Bonchev–Trinajstić information content (AvgIpc) is 2.74. The van der Waals surface area contributed by atoms with Crippen molar-refractivity contribution < 1.29 is 9.90 Å². The van der Waals surface area contributed by atoms with E-state index in [0.29, 0.717) is 5.03 Å². The van der Waals surface area contributed by atoms with Crippen LogP contribution in [-0.4, -0.2) is 26.6 Å². The topological polar surface area (TPSA) is 81.1 Å². The molecule has 0 atom stereocenters. The summed E-state index contributed by atoms with van der Waals surface area (Å²) in [6, 6.07) is 7.61. The number of carboxylic acid groups (broad SMARTS) is 1. The Morgan fingerprint density at radius 3 is 2.75 bits per heavy atom. The first kappa shape index (κ1) is 14.5. The lowest BCUT2D eigenvalue weighted by molar-refractivity contribution is 0.0694. The zero-order valence-electron chi connectivity index (χ0n) is 11.5. The van der Waals surface area contributed by atoms with Gasteiger partial charge in [-0.2, -0.15) is 5.10 Å². The van der Waals surface area contributed by atoms with Crippen LogP contribution in [0.15, 0.2) is 29.3 Å². The molecule has 0 aliphatic rings. The summed E-state index contributed by atoms with van der Waals surface area (Å²) in [5.74, 6) is -0.0591. The van der Waals surface area contributed by atoms with E-state index in [-0.39, 0.29) is 11.4 Å². The number of nitrogens with zero attached hydrogens (tertiary/aromatic N) is 2. The molecule has 1 aromatic carbocycles. The summed E-state index contributed by atoms with van der Waals surface area (Å²) in [6.45, 7) is 3.98. The van der Waals surface area contributed by atoms with E-state index in [1.165, 1.54) is 16.4 Å². The molecule has 1 heterocycles. The molecule has 0 saturated heterocycles. The number of aromatic nitrogens is 2. The number of aromatic carboxylic acids is 1. The van der Waals surface area contributed by atoms with E-state index < -0.39 is 5.97 Å². The third-order valence-corrected chi connectivity index (χ3v) is 4.06. The molecule has 5 nitrogen and oxygen atoms in total. The molecule has 0 saturated carbocycles. The lowest BCUT2D eigenvalue weighted by Gasteiger charge is -2.07. The smallest absolute Gasteiger partial charge is 0.342 e. The fraction of sp³-hybridized carbons (Fsp3) is 0.286. The van der Waals surface area contributed by atoms with Gasteiger partial charge in [0.05, 0.1) is 5.69 Å². The average molecular weight is 291 g/mol. The van der Waals surface area contributed by atoms with Gasteiger partial charge in [0.25, 0.3) is 0 Å². The predicted molar refractivity (Wildman–Crippen MR) is 80.7 cm³/mol. The molecule has 2 rings (SSSR count). The van der Waals surface area contributed by atoms with Gasteiger partial charge in [-0.05, 0) is 30.7 Å². The Balaban J connectivity index is 2.55. The first-order valence-corrected chi connectivity index (χ1v) is 7.35. The van der Waals surface area contributed by atoms with Crippen LogP contribution in [-0.2, 0) is 0 Å². The van der Waals surface area contributed by atoms with Gasteiger partial charge in [0.2, 0.25) is 0 Å². The Bertz CT molecular complexity index is 637. The molecule has 0 bridgehead atoms. The van der Waals surface area contributed by atoms with Crippen LogP contribution < -0.4 is 5.73 Å². The van der Waals surface area contributed by atoms with E-state index in [4.69, 9.17) is 5.73 Å². The fourth-order valence-corrected chi connectivity index (χ4v) is 2.77. The van der Waals surface area contributed by atoms with Crippen molar-refractivity contribution in [3.63, 3.8) is 0 Å². The second-order valence-electron chi connectivity index (χ2n) is 4.42. The van der Waals surface area contributed by atoms with Crippen LogP contribution >= 0.6 is 11.8 Å². The summed E-state index contributed by atoms with van der Waals surface area (Å²) in [4.78, 5) is 11.4. The van der Waals surface area contributed by atoms with E-state index in [9.17, 15) is 9.90 Å². The molecule has 106 valence electrons. The number of carbonyl (C=O) groups is 1. The highest BCUT2D eigenvalue weighted by Gasteiger charge is 2.23. The van der Waals surface area contributed by atoms with Gasteiger partial charge in [0, 0.05) is 0 Å². The number of anilines is 1. The summed E-state index contributed by atoms with van der Waals surface area (Å²) in [6.07, 6.45) is 0.945. The number of carboxylic acids is 1. The Morgan fingerprint density at radius 1 is 1.45 bits per heavy atom. The van der Waals surface area contributed by atoms with Crippen molar-refractivity contribution in [1.29, 1.82) is 0 Å². The minimum atomic E-state index is -1.04. The number of benzene rings is 1. The molecular weight excluding hydrogens is 274 g/mol. The van der Waals surface area contributed by atoms with E-state index in [0.717, 1.165) is 23.4 Å². The Labute approximate surface area is 121 Å². The monoisotopic (exact) mass is 291 g/mol. The van der Waals surface area contributed by atoms with Crippen LogP contribution in [0.2, 0.25) is 0 Å². The van der Waals surface area contributed by atoms with Crippen LogP contribution in [0, 0.1) is 6.92 Å². The number of hydrogen-bond donors (Lipinski definition) is 2. The van der Waals surface area contributed by atoms with Gasteiger partial charge in [-0.1, -0.05) is 25.1 Å². The third kappa shape index (κ3) is 2.65. The first-order chi connectivity index (χ1) is 9.56. The number of nitrogen functional groups attached to an aromatic ring is 1. The van der Waals surface area contributed by atoms with Gasteiger partial charge in [-0.3, -0.25) is 0 Å². The minimum absolute atomic E-state index is 0.0895. The Kier molecular flexibility index (Phi) is 4.34. The molecule has 0 aliphatic carbocycles. The zero-order valence-corrected chi connectivity index (χ0v) is 12.3. The van der Waals surface area contributed by atoms with Gasteiger partial charge in [-0.25, -0.2) is 9.48 Å². The van der Waals surface area contributed by atoms with Crippen LogP contribution in [0.5, 0.6) is 0 Å². The van der Waals surface area contributed by atoms with Crippen molar-refractivity contribution in [1.82, 2.24) is 9.78 Å². The molecule has 0 radical (unpaired) electrons. The van der Waals surface area contributed by atoms with Gasteiger partial charge in [-0.15, -0.1) is 11.8 Å². The van der Waals surface area contributed by atoms with Crippen molar-refractivity contribution in [2.75, 3.05) is 11.5 Å². The number of hydrogen-bond acceptors (Lipinski definition) is 4. The molecule has 3 N–H and O–H groups in total. The molecule has 20 heavy (non-hydrogen) atoms. The van der Waals surface area contributed by atoms with E-state index in [1.807, 2.05) is 38.1 Å². The summed E-state index contributed by atoms with van der Waals surface area (Å²) < 4.78 is 1.51. The van der Waals surface area contributed by atoms with E-state index in [1.54, 1.807) is 0 Å². The summed E-state index contributed by atoms with van der Waals surface area (Å²) in [5, 5.41) is 14.2. The largest absolute Gasteiger partial charge is 0.477 e. The third-order valence-electron chi connectivity index (χ3n) is 2.89. The van der Waals surface area contributed by atoms with Crippen LogP contribution in [0.4, 0.5) is 5.82 Å². The molecule has 0 amide bonds. The molecule has 0 aliphatic heterocycles. The van der Waals surface area contributed by atoms with E-state index >= 15 is 0 Å². The van der Waals surface area contributed by atoms with Crippen molar-refractivity contribution in [2.45, 2.75) is 25.3 Å². The fourth-order valence-electron chi connectivity index (χ4n) is 1.90. The Morgan fingerprint density at radius 2 is 2.15 bits per heavy atom. The highest BCUT2D eigenvalue weighted by molar-refractivity contribution is 7.99. The highest BCUT2D eigenvalue weighted by atomic mass is 32.2. The van der Waals surface area contributed by atoms with Crippen LogP contribution in [0.3, 0.4) is 0 Å². The van der Waals surface area contributed by atoms with E-state index in [2.05, 4.69) is 5.10 Å². The Hall–Kier alpha value is -1.95. The van der Waals surface area contributed by atoms with Gasteiger partial charge in [0.1, 0.15) is 16.4 Å². The van der Waals surface area contributed by atoms with Crippen molar-refractivity contribution in [3.8, 4) is 5.69 Å². The van der Waals surface area contributed by atoms with Crippen molar-refractivity contribution in [3.05, 3.63) is 35.4 Å². The number of para-hydroxylation sites is 1. The maximum Gasteiger partial charge on any atom is 0.342 e.